The van der Waals surface area contributed by atoms with Crippen LogP contribution in [-0.4, -0.2) is 30.5 Å². The van der Waals surface area contributed by atoms with Gasteiger partial charge in [0.05, 0.1) is 6.04 Å². The van der Waals surface area contributed by atoms with E-state index in [1.807, 2.05) is 12.1 Å². The van der Waals surface area contributed by atoms with Crippen LogP contribution in [0.2, 0.25) is 5.02 Å². The average Bonchev–Trinajstić information content (AvgIpc) is 2.64. The van der Waals surface area contributed by atoms with E-state index in [9.17, 15) is 9.59 Å². The molecule has 0 spiro atoms. The van der Waals surface area contributed by atoms with Crippen molar-refractivity contribution in [3.05, 3.63) is 40.6 Å². The van der Waals surface area contributed by atoms with Crippen LogP contribution in [0.1, 0.15) is 44.6 Å². The first-order chi connectivity index (χ1) is 12.6. The summed E-state index contributed by atoms with van der Waals surface area (Å²) in [6, 6.07) is 7.13. The molecule has 2 aliphatic rings. The summed E-state index contributed by atoms with van der Waals surface area (Å²) in [5.74, 6) is 0.125. The van der Waals surface area contributed by atoms with Crippen LogP contribution in [0, 0.1) is 5.92 Å². The number of carbonyl (C=O) groups excluding carboxylic acids is 2. The Morgan fingerprint density at radius 3 is 2.85 bits per heavy atom. The van der Waals surface area contributed by atoms with Crippen molar-refractivity contribution in [2.45, 2.75) is 51.2 Å². The average molecular weight is 377 g/mol. The van der Waals surface area contributed by atoms with Crippen LogP contribution in [0.15, 0.2) is 30.0 Å². The number of morpholine rings is 1. The maximum atomic E-state index is 12.4. The topological polar surface area (TPSA) is 67.4 Å². The number of fused-ring (bicyclic) bond motifs is 1. The largest absolute Gasteiger partial charge is 0.483 e. The summed E-state index contributed by atoms with van der Waals surface area (Å²) < 4.78 is 5.95. The van der Waals surface area contributed by atoms with Crippen LogP contribution in [0.5, 0.6) is 0 Å². The molecule has 1 aromatic carbocycles. The third-order valence-electron chi connectivity index (χ3n) is 4.97. The summed E-state index contributed by atoms with van der Waals surface area (Å²) in [5, 5.41) is 6.66. The van der Waals surface area contributed by atoms with Crippen molar-refractivity contribution >= 4 is 29.5 Å². The van der Waals surface area contributed by atoms with Crippen LogP contribution in [0.4, 0.5) is 0 Å². The number of benzene rings is 1. The Morgan fingerprint density at radius 1 is 1.35 bits per heavy atom. The van der Waals surface area contributed by atoms with Crippen molar-refractivity contribution in [1.29, 1.82) is 0 Å². The molecule has 1 aliphatic carbocycles. The fourth-order valence-corrected chi connectivity index (χ4v) is 3.60. The summed E-state index contributed by atoms with van der Waals surface area (Å²) >= 11 is 5.89. The number of hydrogen-bond donors (Lipinski definition) is 2. The minimum atomic E-state index is -0.228. The molecule has 0 bridgehead atoms. The standard InChI is InChI=1S/C20H25ClN2O3/c1-2-3-10-22-19(24)14-6-9-17-16(12-14)23-20(25)18(26-17)11-13-4-7-15(21)8-5-13/h4-5,7-8,11,14,16-17H,2-3,6,9-10,12H2,1H3,(H,22,24)(H,23,25)/b18-11+. The Hall–Kier alpha value is -2.01. The van der Waals surface area contributed by atoms with Gasteiger partial charge < -0.3 is 15.4 Å². The van der Waals surface area contributed by atoms with E-state index in [4.69, 9.17) is 16.3 Å². The number of halogens is 1. The lowest BCUT2D eigenvalue weighted by Gasteiger charge is -2.39. The second-order valence-corrected chi connectivity index (χ2v) is 7.39. The fourth-order valence-electron chi connectivity index (χ4n) is 3.47. The van der Waals surface area contributed by atoms with Crippen LogP contribution in [-0.2, 0) is 14.3 Å². The molecule has 1 heterocycles. The van der Waals surface area contributed by atoms with E-state index < -0.39 is 0 Å². The van der Waals surface area contributed by atoms with Crippen molar-refractivity contribution in [3.63, 3.8) is 0 Å². The molecule has 1 saturated carbocycles. The molecule has 3 unspecified atom stereocenters. The molecule has 5 nitrogen and oxygen atoms in total. The summed E-state index contributed by atoms with van der Waals surface area (Å²) in [6.07, 6.45) is 5.86. The lowest BCUT2D eigenvalue weighted by molar-refractivity contribution is -0.134. The molecule has 0 aromatic heterocycles. The van der Waals surface area contributed by atoms with Gasteiger partial charge in [0.2, 0.25) is 5.91 Å². The smallest absolute Gasteiger partial charge is 0.286 e. The van der Waals surface area contributed by atoms with E-state index in [1.54, 1.807) is 18.2 Å². The van der Waals surface area contributed by atoms with E-state index in [0.717, 1.165) is 37.8 Å². The SMILES string of the molecule is CCCCNC(=O)C1CCC2O/C(=C/c3ccc(Cl)cc3)C(=O)NC2C1. The van der Waals surface area contributed by atoms with Crippen LogP contribution in [0.25, 0.3) is 6.08 Å². The van der Waals surface area contributed by atoms with E-state index in [1.165, 1.54) is 0 Å². The van der Waals surface area contributed by atoms with Gasteiger partial charge in [0.15, 0.2) is 5.76 Å². The Bertz CT molecular complexity index is 687. The Labute approximate surface area is 159 Å². The normalized spacial score (nSPS) is 26.6. The van der Waals surface area contributed by atoms with Gasteiger partial charge in [-0.2, -0.15) is 0 Å². The van der Waals surface area contributed by atoms with Crippen LogP contribution < -0.4 is 10.6 Å². The van der Waals surface area contributed by atoms with E-state index >= 15 is 0 Å². The highest BCUT2D eigenvalue weighted by atomic mass is 35.5. The van der Waals surface area contributed by atoms with Gasteiger partial charge in [-0.25, -0.2) is 0 Å². The third kappa shape index (κ3) is 4.58. The van der Waals surface area contributed by atoms with Gasteiger partial charge in [-0.1, -0.05) is 37.1 Å². The fraction of sp³-hybridized carbons (Fsp3) is 0.500. The molecule has 3 rings (SSSR count). The first-order valence-electron chi connectivity index (χ1n) is 9.29. The summed E-state index contributed by atoms with van der Waals surface area (Å²) in [5.41, 5.74) is 0.863. The minimum absolute atomic E-state index is 0.0567. The van der Waals surface area contributed by atoms with Gasteiger partial charge in [-0.3, -0.25) is 9.59 Å². The Kier molecular flexibility index (Phi) is 6.20. The molecule has 2 N–H and O–H groups in total. The maximum Gasteiger partial charge on any atom is 0.286 e. The minimum Gasteiger partial charge on any atom is -0.483 e. The van der Waals surface area contributed by atoms with Crippen molar-refractivity contribution in [1.82, 2.24) is 10.6 Å². The molecule has 1 aliphatic heterocycles. The van der Waals surface area contributed by atoms with E-state index in [0.29, 0.717) is 17.2 Å². The van der Waals surface area contributed by atoms with Gasteiger partial charge in [0, 0.05) is 17.5 Å². The number of carbonyl (C=O) groups is 2. The van der Waals surface area contributed by atoms with E-state index in [-0.39, 0.29) is 29.9 Å². The highest BCUT2D eigenvalue weighted by molar-refractivity contribution is 6.30. The molecule has 3 atom stereocenters. The number of hydrogen-bond acceptors (Lipinski definition) is 3. The first-order valence-corrected chi connectivity index (χ1v) is 9.67. The van der Waals surface area contributed by atoms with Gasteiger partial charge in [0.25, 0.3) is 5.91 Å². The maximum absolute atomic E-state index is 12.4. The number of nitrogens with one attached hydrogen (secondary N) is 2. The summed E-state index contributed by atoms with van der Waals surface area (Å²) in [7, 11) is 0. The third-order valence-corrected chi connectivity index (χ3v) is 5.23. The second-order valence-electron chi connectivity index (χ2n) is 6.95. The van der Waals surface area contributed by atoms with Crippen molar-refractivity contribution in [2.24, 2.45) is 5.92 Å². The monoisotopic (exact) mass is 376 g/mol. The zero-order chi connectivity index (χ0) is 18.5. The van der Waals surface area contributed by atoms with Gasteiger partial charge in [0.1, 0.15) is 6.10 Å². The van der Waals surface area contributed by atoms with Crippen molar-refractivity contribution < 1.29 is 14.3 Å². The summed E-state index contributed by atoms with van der Waals surface area (Å²) in [6.45, 7) is 2.82. The quantitative estimate of drug-likeness (QED) is 0.612. The molecular formula is C20H25ClN2O3. The predicted octanol–water partition coefficient (Wildman–Crippen LogP) is 3.28. The predicted molar refractivity (Wildman–Crippen MR) is 101 cm³/mol. The molecule has 2 amide bonds. The molecule has 140 valence electrons. The van der Waals surface area contributed by atoms with E-state index in [2.05, 4.69) is 17.6 Å². The lowest BCUT2D eigenvalue weighted by Crippen LogP contribution is -2.54. The molecular weight excluding hydrogens is 352 g/mol. The molecule has 0 radical (unpaired) electrons. The number of amides is 2. The van der Waals surface area contributed by atoms with Crippen LogP contribution >= 0.6 is 11.6 Å². The van der Waals surface area contributed by atoms with Gasteiger partial charge in [-0.15, -0.1) is 0 Å². The number of rotatable bonds is 5. The molecule has 1 aromatic rings. The lowest BCUT2D eigenvalue weighted by atomic mass is 9.82. The zero-order valence-corrected chi connectivity index (χ0v) is 15.7. The van der Waals surface area contributed by atoms with Crippen LogP contribution in [0.3, 0.4) is 0 Å². The zero-order valence-electron chi connectivity index (χ0n) is 15.0. The van der Waals surface area contributed by atoms with Crippen molar-refractivity contribution in [3.8, 4) is 0 Å². The Morgan fingerprint density at radius 2 is 2.12 bits per heavy atom. The highest BCUT2D eigenvalue weighted by Crippen LogP contribution is 2.31. The Balaban J connectivity index is 1.60. The first kappa shape index (κ1) is 18.8. The second kappa shape index (κ2) is 8.58. The number of unbranched alkanes of at least 4 members (excludes halogenated alkanes) is 1. The molecule has 26 heavy (non-hydrogen) atoms. The number of ether oxygens (including phenoxy) is 1. The molecule has 6 heteroatoms. The molecule has 2 fully saturated rings. The van der Waals surface area contributed by atoms with Gasteiger partial charge in [-0.05, 0) is 49.5 Å². The van der Waals surface area contributed by atoms with Gasteiger partial charge >= 0.3 is 0 Å². The summed E-state index contributed by atoms with van der Waals surface area (Å²) in [4.78, 5) is 24.7. The van der Waals surface area contributed by atoms with Crippen molar-refractivity contribution in [2.75, 3.05) is 6.54 Å². The highest BCUT2D eigenvalue weighted by Gasteiger charge is 2.40. The molecule has 1 saturated heterocycles.